The predicted molar refractivity (Wildman–Crippen MR) is 87.1 cm³/mol. The molecule has 0 N–H and O–H groups in total. The number of imidazole rings is 1. The lowest BCUT2D eigenvalue weighted by atomic mass is 10.1. The smallest absolute Gasteiger partial charge is 0.262 e. The Morgan fingerprint density at radius 1 is 1.33 bits per heavy atom. The van der Waals surface area contributed by atoms with Crippen LogP contribution in [0.5, 0.6) is 5.88 Å². The molecule has 8 nitrogen and oxygen atoms in total. The first-order valence-electron chi connectivity index (χ1n) is 7.93. The lowest BCUT2D eigenvalue weighted by molar-refractivity contribution is 0.124. The van der Waals surface area contributed by atoms with Crippen molar-refractivity contribution in [1.29, 1.82) is 0 Å². The highest BCUT2D eigenvalue weighted by Gasteiger charge is 2.32. The van der Waals surface area contributed by atoms with Crippen LogP contribution in [0.3, 0.4) is 0 Å². The molecule has 1 saturated heterocycles. The summed E-state index contributed by atoms with van der Waals surface area (Å²) in [5.41, 5.74) is 0. The lowest BCUT2D eigenvalue weighted by Gasteiger charge is -2.31. The van der Waals surface area contributed by atoms with E-state index in [0.717, 1.165) is 12.8 Å². The summed E-state index contributed by atoms with van der Waals surface area (Å²) in [6, 6.07) is 1.83. The molecule has 0 bridgehead atoms. The molecule has 2 aromatic rings. The Labute approximate surface area is 141 Å². The third-order valence-electron chi connectivity index (χ3n) is 3.96. The number of aromatic nitrogens is 4. The molecule has 1 unspecified atom stereocenters. The van der Waals surface area contributed by atoms with Gasteiger partial charge in [0.2, 0.25) is 5.88 Å². The van der Waals surface area contributed by atoms with Crippen LogP contribution in [0, 0.1) is 0 Å². The molecule has 1 fully saturated rings. The Hall–Kier alpha value is -2.00. The Kier molecular flexibility index (Phi) is 4.81. The molecule has 9 heteroatoms. The molecule has 0 amide bonds. The van der Waals surface area contributed by atoms with Gasteiger partial charge in [-0.05, 0) is 26.7 Å². The number of nitrogens with zero attached hydrogens (tertiary/aromatic N) is 5. The number of hydrogen-bond acceptors (Lipinski definition) is 6. The van der Waals surface area contributed by atoms with Gasteiger partial charge in [-0.3, -0.25) is 0 Å². The molecule has 1 aliphatic heterocycles. The van der Waals surface area contributed by atoms with Gasteiger partial charge in [0, 0.05) is 31.0 Å². The van der Waals surface area contributed by atoms with Crippen molar-refractivity contribution in [3.05, 3.63) is 31.1 Å². The molecule has 2 aromatic heterocycles. The summed E-state index contributed by atoms with van der Waals surface area (Å²) >= 11 is 0. The molecule has 1 atom stereocenters. The highest BCUT2D eigenvalue weighted by atomic mass is 32.2. The fourth-order valence-electron chi connectivity index (χ4n) is 2.60. The molecule has 1 aliphatic rings. The van der Waals surface area contributed by atoms with E-state index in [4.69, 9.17) is 4.74 Å². The Balaban J connectivity index is 1.73. The van der Waals surface area contributed by atoms with Crippen LogP contribution >= 0.6 is 0 Å². The number of sulfonamides is 1. The zero-order valence-electron chi connectivity index (χ0n) is 13.7. The minimum absolute atomic E-state index is 0.0823. The van der Waals surface area contributed by atoms with Crippen LogP contribution in [0.15, 0.2) is 36.1 Å². The first-order chi connectivity index (χ1) is 11.5. The summed E-state index contributed by atoms with van der Waals surface area (Å²) in [5.74, 6) is 0.457. The summed E-state index contributed by atoms with van der Waals surface area (Å²) in [6.07, 6.45) is 7.43. The molecule has 3 rings (SSSR count). The topological polar surface area (TPSA) is 90.2 Å². The fraction of sp³-hybridized carbons (Fsp3) is 0.533. The van der Waals surface area contributed by atoms with Crippen molar-refractivity contribution in [3.8, 4) is 5.88 Å². The van der Waals surface area contributed by atoms with E-state index in [1.54, 1.807) is 29.4 Å². The van der Waals surface area contributed by atoms with Crippen LogP contribution in [-0.2, 0) is 10.0 Å². The van der Waals surface area contributed by atoms with Crippen molar-refractivity contribution < 1.29 is 13.2 Å². The molecule has 24 heavy (non-hydrogen) atoms. The number of hydrogen-bond donors (Lipinski definition) is 0. The van der Waals surface area contributed by atoms with Crippen LogP contribution < -0.4 is 4.74 Å². The molecule has 130 valence electrons. The Bertz CT molecular complexity index is 775. The standard InChI is InChI=1S/C15H21N5O3S/c1-12(2)19-9-15(18-11-19)24(21,22)20-7-3-4-13(8-20)23-14-5-6-16-10-17-14/h5-6,9-13H,3-4,7-8H2,1-2H3. The summed E-state index contributed by atoms with van der Waals surface area (Å²) in [4.78, 5) is 11.9. The van der Waals surface area contributed by atoms with Crippen LogP contribution in [-0.4, -0.2) is 51.4 Å². The third kappa shape index (κ3) is 3.57. The molecule has 0 aromatic carbocycles. The quantitative estimate of drug-likeness (QED) is 0.810. The van der Waals surface area contributed by atoms with Crippen molar-refractivity contribution in [1.82, 2.24) is 23.8 Å². The minimum atomic E-state index is -3.61. The van der Waals surface area contributed by atoms with Crippen molar-refractivity contribution in [2.24, 2.45) is 0 Å². The number of rotatable bonds is 5. The van der Waals surface area contributed by atoms with Crippen LogP contribution in [0.1, 0.15) is 32.7 Å². The fourth-order valence-corrected chi connectivity index (χ4v) is 4.04. The highest BCUT2D eigenvalue weighted by molar-refractivity contribution is 7.89. The summed E-state index contributed by atoms with van der Waals surface area (Å²) in [7, 11) is -3.61. The predicted octanol–water partition coefficient (Wildman–Crippen LogP) is 1.49. The van der Waals surface area contributed by atoms with E-state index in [1.165, 1.54) is 10.6 Å². The second-order valence-electron chi connectivity index (χ2n) is 6.05. The van der Waals surface area contributed by atoms with Crippen molar-refractivity contribution >= 4 is 10.0 Å². The van der Waals surface area contributed by atoms with Gasteiger partial charge < -0.3 is 9.30 Å². The largest absolute Gasteiger partial charge is 0.473 e. The van der Waals surface area contributed by atoms with Gasteiger partial charge in [0.05, 0.1) is 12.9 Å². The normalized spacial score (nSPS) is 19.5. The molecule has 3 heterocycles. The summed E-state index contributed by atoms with van der Waals surface area (Å²) < 4.78 is 34.6. The van der Waals surface area contributed by atoms with Gasteiger partial charge in [-0.2, -0.15) is 4.31 Å². The van der Waals surface area contributed by atoms with Gasteiger partial charge in [-0.25, -0.2) is 23.4 Å². The van der Waals surface area contributed by atoms with Gasteiger partial charge in [-0.1, -0.05) is 0 Å². The molecule has 0 spiro atoms. The van der Waals surface area contributed by atoms with E-state index >= 15 is 0 Å². The molecular formula is C15H21N5O3S. The summed E-state index contributed by atoms with van der Waals surface area (Å²) in [5, 5.41) is 0.0823. The zero-order valence-corrected chi connectivity index (χ0v) is 14.6. The Morgan fingerprint density at radius 3 is 2.83 bits per heavy atom. The van der Waals surface area contributed by atoms with Gasteiger partial charge >= 0.3 is 0 Å². The van der Waals surface area contributed by atoms with Gasteiger partial charge in [0.1, 0.15) is 12.4 Å². The van der Waals surface area contributed by atoms with E-state index in [1.807, 2.05) is 13.8 Å². The van der Waals surface area contributed by atoms with E-state index < -0.39 is 10.0 Å². The number of piperidine rings is 1. The lowest BCUT2D eigenvalue weighted by Crippen LogP contribution is -2.44. The maximum Gasteiger partial charge on any atom is 0.262 e. The molecule has 0 aliphatic carbocycles. The van der Waals surface area contributed by atoms with Crippen LogP contribution in [0.4, 0.5) is 0 Å². The van der Waals surface area contributed by atoms with Crippen molar-refractivity contribution in [2.75, 3.05) is 13.1 Å². The van der Waals surface area contributed by atoms with E-state index in [2.05, 4.69) is 15.0 Å². The summed E-state index contributed by atoms with van der Waals surface area (Å²) in [6.45, 7) is 4.72. The average Bonchev–Trinajstić information content (AvgIpc) is 3.07. The van der Waals surface area contributed by atoms with Crippen LogP contribution in [0.25, 0.3) is 0 Å². The van der Waals surface area contributed by atoms with Crippen LogP contribution in [0.2, 0.25) is 0 Å². The molecule has 0 saturated carbocycles. The number of ether oxygens (including phenoxy) is 1. The maximum absolute atomic E-state index is 12.8. The first kappa shape index (κ1) is 16.8. The second-order valence-corrected chi connectivity index (χ2v) is 7.93. The van der Waals surface area contributed by atoms with E-state index in [9.17, 15) is 8.42 Å². The van der Waals surface area contributed by atoms with E-state index in [0.29, 0.717) is 19.0 Å². The molecular weight excluding hydrogens is 330 g/mol. The van der Waals surface area contributed by atoms with Gasteiger partial charge in [-0.15, -0.1) is 0 Å². The van der Waals surface area contributed by atoms with E-state index in [-0.39, 0.29) is 17.2 Å². The van der Waals surface area contributed by atoms with Gasteiger partial charge in [0.15, 0.2) is 5.03 Å². The first-order valence-corrected chi connectivity index (χ1v) is 9.37. The SMILES string of the molecule is CC(C)n1cnc(S(=O)(=O)N2CCCC(Oc3ccncn3)C2)c1. The van der Waals surface area contributed by atoms with Gasteiger partial charge in [0.25, 0.3) is 10.0 Å². The Morgan fingerprint density at radius 2 is 2.17 bits per heavy atom. The second kappa shape index (κ2) is 6.86. The molecule has 0 radical (unpaired) electrons. The van der Waals surface area contributed by atoms with Crippen molar-refractivity contribution in [2.45, 2.75) is 43.9 Å². The highest BCUT2D eigenvalue weighted by Crippen LogP contribution is 2.22. The third-order valence-corrected chi connectivity index (χ3v) is 5.71. The monoisotopic (exact) mass is 351 g/mol. The zero-order chi connectivity index (χ0) is 17.2. The van der Waals surface area contributed by atoms with Crippen molar-refractivity contribution in [3.63, 3.8) is 0 Å². The minimum Gasteiger partial charge on any atom is -0.473 e. The average molecular weight is 351 g/mol. The maximum atomic E-state index is 12.8.